The van der Waals surface area contributed by atoms with Crippen LogP contribution in [0.15, 0.2) is 68.1 Å². The summed E-state index contributed by atoms with van der Waals surface area (Å²) in [5.41, 5.74) is 10.2. The van der Waals surface area contributed by atoms with Gasteiger partial charge in [-0.1, -0.05) is 66.7 Å². The van der Waals surface area contributed by atoms with Gasteiger partial charge < -0.3 is 5.73 Å². The second-order valence-corrected chi connectivity index (χ2v) is 12.6. The van der Waals surface area contributed by atoms with Crippen molar-refractivity contribution in [3.8, 4) is 6.07 Å². The Labute approximate surface area is 221 Å². The highest BCUT2D eigenvalue weighted by Crippen LogP contribution is 2.51. The van der Waals surface area contributed by atoms with E-state index in [0.29, 0.717) is 45.7 Å². The normalized spacial score (nSPS) is 19.7. The first-order valence-corrected chi connectivity index (χ1v) is 14.1. The number of thioether (sulfide) groups is 1. The number of aromatic nitrogens is 2. The molecule has 178 valence electrons. The first-order chi connectivity index (χ1) is 16.8. The largest absolute Gasteiger partial charge is 0.384 e. The predicted molar refractivity (Wildman–Crippen MR) is 142 cm³/mol. The Balaban J connectivity index is 1.55. The summed E-state index contributed by atoms with van der Waals surface area (Å²) in [6.45, 7) is 4.16. The van der Waals surface area contributed by atoms with Gasteiger partial charge in [-0.25, -0.2) is 0 Å². The third-order valence-corrected chi connectivity index (χ3v) is 9.31. The number of Topliss-reactive ketones (excluding diaryl/α,β-unsaturated/α-hetero) is 1. The average molecular weight is 540 g/mol. The molecule has 0 spiro atoms. The molecular weight excluding hydrogens is 518 g/mol. The molecule has 1 unspecified atom stereocenters. The Bertz CT molecular complexity index is 1400. The minimum absolute atomic E-state index is 0.0514. The molecule has 2 aliphatic rings. The number of nitrogens with two attached hydrogens (primary N) is 1. The molecule has 0 saturated heterocycles. The van der Waals surface area contributed by atoms with Crippen molar-refractivity contribution in [2.75, 3.05) is 4.90 Å². The van der Waals surface area contributed by atoms with E-state index in [4.69, 9.17) is 17.3 Å². The number of ketones is 1. The number of nitrogens with zero attached hydrogens (tertiary/aromatic N) is 4. The van der Waals surface area contributed by atoms with Crippen LogP contribution in [0.25, 0.3) is 0 Å². The maximum absolute atomic E-state index is 13.5. The van der Waals surface area contributed by atoms with Crippen LogP contribution in [0.4, 0.5) is 5.13 Å². The van der Waals surface area contributed by atoms with Gasteiger partial charge in [-0.2, -0.15) is 16.6 Å². The quantitative estimate of drug-likeness (QED) is 0.370. The van der Waals surface area contributed by atoms with E-state index < -0.39 is 5.92 Å². The summed E-state index contributed by atoms with van der Waals surface area (Å²) in [6.07, 6.45) is 1.07. The van der Waals surface area contributed by atoms with Gasteiger partial charge >= 0.3 is 0 Å². The molecule has 6 nitrogen and oxygen atoms in total. The van der Waals surface area contributed by atoms with E-state index in [1.54, 1.807) is 4.90 Å². The van der Waals surface area contributed by atoms with Gasteiger partial charge in [-0.3, -0.25) is 9.69 Å². The Kier molecular flexibility index (Phi) is 6.49. The molecule has 35 heavy (non-hydrogen) atoms. The lowest BCUT2D eigenvalue weighted by Crippen LogP contribution is -2.42. The van der Waals surface area contributed by atoms with Gasteiger partial charge in [0.2, 0.25) is 5.13 Å². The lowest BCUT2D eigenvalue weighted by molar-refractivity contribution is -0.118. The number of anilines is 1. The van der Waals surface area contributed by atoms with Gasteiger partial charge in [-0.15, -0.1) is 10.2 Å². The van der Waals surface area contributed by atoms with E-state index in [2.05, 4.69) is 30.1 Å². The Morgan fingerprint density at radius 2 is 2.09 bits per heavy atom. The number of carbonyl (C=O) groups is 1. The molecule has 1 aliphatic carbocycles. The zero-order valence-electron chi connectivity index (χ0n) is 19.1. The molecule has 1 atom stereocenters. The number of thiophene rings is 1. The van der Waals surface area contributed by atoms with Crippen LogP contribution < -0.4 is 10.6 Å². The molecule has 3 heterocycles. The number of benzene rings is 1. The number of nitriles is 1. The number of rotatable bonds is 5. The van der Waals surface area contributed by atoms with Crippen LogP contribution in [0.2, 0.25) is 5.02 Å². The van der Waals surface area contributed by atoms with Crippen molar-refractivity contribution in [2.45, 2.75) is 42.7 Å². The van der Waals surface area contributed by atoms with E-state index in [1.807, 2.05) is 41.1 Å². The monoisotopic (exact) mass is 539 g/mol. The van der Waals surface area contributed by atoms with E-state index in [9.17, 15) is 10.1 Å². The summed E-state index contributed by atoms with van der Waals surface area (Å²) >= 11 is 10.8. The van der Waals surface area contributed by atoms with E-state index >= 15 is 0 Å². The first-order valence-electron chi connectivity index (χ1n) is 11.0. The van der Waals surface area contributed by atoms with Gasteiger partial charge in [0, 0.05) is 28.5 Å². The summed E-state index contributed by atoms with van der Waals surface area (Å²) in [5, 5.41) is 24.1. The zero-order valence-corrected chi connectivity index (χ0v) is 22.3. The van der Waals surface area contributed by atoms with Crippen LogP contribution in [-0.4, -0.2) is 16.0 Å². The number of halogens is 1. The molecule has 3 aromatic rings. The van der Waals surface area contributed by atoms with Crippen molar-refractivity contribution >= 4 is 57.0 Å². The summed E-state index contributed by atoms with van der Waals surface area (Å²) in [7, 11) is 0. The van der Waals surface area contributed by atoms with Crippen molar-refractivity contribution in [1.82, 2.24) is 10.2 Å². The van der Waals surface area contributed by atoms with Crippen LogP contribution in [-0.2, 0) is 10.5 Å². The molecule has 0 bridgehead atoms. The average Bonchev–Trinajstić information content (AvgIpc) is 3.49. The van der Waals surface area contributed by atoms with Crippen LogP contribution >= 0.6 is 46.0 Å². The summed E-state index contributed by atoms with van der Waals surface area (Å²) in [5.74, 6) is 0.563. The molecule has 0 fully saturated rings. The van der Waals surface area contributed by atoms with Crippen molar-refractivity contribution < 1.29 is 4.79 Å². The Morgan fingerprint density at radius 3 is 2.80 bits per heavy atom. The molecule has 1 aromatic carbocycles. The third-order valence-electron chi connectivity index (χ3n) is 6.15. The van der Waals surface area contributed by atoms with Gasteiger partial charge in [-0.05, 0) is 45.9 Å². The molecule has 0 amide bonds. The van der Waals surface area contributed by atoms with Gasteiger partial charge in [0.25, 0.3) is 0 Å². The second-order valence-electron chi connectivity index (χ2n) is 9.27. The van der Waals surface area contributed by atoms with Crippen molar-refractivity contribution in [2.24, 2.45) is 11.1 Å². The molecule has 1 aliphatic heterocycles. The van der Waals surface area contributed by atoms with Crippen molar-refractivity contribution in [1.29, 1.82) is 5.26 Å². The number of hydrogen-bond donors (Lipinski definition) is 1. The molecule has 0 radical (unpaired) electrons. The van der Waals surface area contributed by atoms with Crippen molar-refractivity contribution in [3.63, 3.8) is 0 Å². The highest BCUT2D eigenvalue weighted by Gasteiger charge is 2.45. The predicted octanol–water partition coefficient (Wildman–Crippen LogP) is 6.49. The lowest BCUT2D eigenvalue weighted by atomic mass is 9.69. The second kappa shape index (κ2) is 9.43. The SMILES string of the molecule is CC1(C)CC(=O)C2=C(C1)N(c1nnc(SCc3ccccc3Cl)s1)C(N)=C(C#N)C2c1ccsc1. The fraction of sp³-hybridized carbons (Fsp3) is 0.280. The number of carbonyl (C=O) groups excluding carboxylic acids is 1. The third kappa shape index (κ3) is 4.52. The van der Waals surface area contributed by atoms with Gasteiger partial charge in [0.05, 0.1) is 17.6 Å². The molecule has 2 N–H and O–H groups in total. The standard InChI is InChI=1S/C25H22ClN5OS3/c1-25(2)9-18-21(19(32)10-25)20(15-7-8-33-12-15)16(11-27)22(28)31(18)23-29-30-24(35-23)34-13-14-5-3-4-6-17(14)26/h3-8,12,20H,9-10,13,28H2,1-2H3. The minimum Gasteiger partial charge on any atom is -0.384 e. The minimum atomic E-state index is -0.455. The molecule has 2 aromatic heterocycles. The maximum atomic E-state index is 13.5. The lowest BCUT2D eigenvalue weighted by Gasteiger charge is -2.42. The van der Waals surface area contributed by atoms with E-state index in [-0.39, 0.29) is 11.2 Å². The Hall–Kier alpha value is -2.64. The van der Waals surface area contributed by atoms with Gasteiger partial charge in [0.1, 0.15) is 5.82 Å². The van der Waals surface area contributed by atoms with Crippen LogP contribution in [0.5, 0.6) is 0 Å². The smallest absolute Gasteiger partial charge is 0.219 e. The molecule has 5 rings (SSSR count). The van der Waals surface area contributed by atoms with Crippen LogP contribution in [0.1, 0.15) is 43.7 Å². The van der Waals surface area contributed by atoms with Crippen molar-refractivity contribution in [3.05, 3.63) is 79.9 Å². The maximum Gasteiger partial charge on any atom is 0.219 e. The van der Waals surface area contributed by atoms with Gasteiger partial charge in [0.15, 0.2) is 10.1 Å². The first kappa shape index (κ1) is 24.1. The van der Waals surface area contributed by atoms with E-state index in [1.165, 1.54) is 34.4 Å². The van der Waals surface area contributed by atoms with Crippen LogP contribution in [0, 0.1) is 16.7 Å². The summed E-state index contributed by atoms with van der Waals surface area (Å²) in [4.78, 5) is 15.3. The molecule has 0 saturated carbocycles. The fourth-order valence-electron chi connectivity index (χ4n) is 4.61. The summed E-state index contributed by atoms with van der Waals surface area (Å²) in [6, 6.07) is 12.0. The number of hydrogen-bond acceptors (Lipinski definition) is 9. The van der Waals surface area contributed by atoms with E-state index in [0.717, 1.165) is 21.2 Å². The zero-order chi connectivity index (χ0) is 24.7. The highest BCUT2D eigenvalue weighted by molar-refractivity contribution is 8.00. The topological polar surface area (TPSA) is 95.9 Å². The van der Waals surface area contributed by atoms with Crippen LogP contribution in [0.3, 0.4) is 0 Å². The highest BCUT2D eigenvalue weighted by atomic mass is 35.5. The summed E-state index contributed by atoms with van der Waals surface area (Å²) < 4.78 is 0.759. The molecule has 10 heteroatoms. The number of allylic oxidation sites excluding steroid dienone is 3. The molecular formula is C25H22ClN5OS3. The fourth-order valence-corrected chi connectivity index (χ4v) is 7.46. The Morgan fingerprint density at radius 1 is 1.29 bits per heavy atom.